The summed E-state index contributed by atoms with van der Waals surface area (Å²) >= 11 is 0. The maximum atomic E-state index is 13.1. The largest absolute Gasteiger partial charge is 0.394 e. The van der Waals surface area contributed by atoms with Crippen molar-refractivity contribution in [3.63, 3.8) is 0 Å². The number of aliphatic hydroxyl groups is 7. The molecule has 0 saturated carbocycles. The van der Waals surface area contributed by atoms with Crippen molar-refractivity contribution in [3.8, 4) is 0 Å². The Labute approximate surface area is 373 Å². The monoisotopic (exact) mass is 874 g/mol. The van der Waals surface area contributed by atoms with Crippen molar-refractivity contribution in [3.05, 3.63) is 0 Å². The van der Waals surface area contributed by atoms with Gasteiger partial charge < -0.3 is 50.5 Å². The zero-order valence-corrected chi connectivity index (χ0v) is 39.4. The van der Waals surface area contributed by atoms with Gasteiger partial charge in [-0.05, 0) is 12.8 Å². The number of unbranched alkanes of at least 4 members (excludes halogenated alkanes) is 32. The minimum Gasteiger partial charge on any atom is -0.394 e. The van der Waals surface area contributed by atoms with Gasteiger partial charge in [0, 0.05) is 0 Å². The molecule has 1 aliphatic heterocycles. The van der Waals surface area contributed by atoms with Gasteiger partial charge in [0.1, 0.15) is 36.6 Å². The Morgan fingerprint density at radius 1 is 0.508 bits per heavy atom. The van der Waals surface area contributed by atoms with Crippen LogP contribution < -0.4 is 5.32 Å². The second-order valence-corrected chi connectivity index (χ2v) is 18.6. The third-order valence-corrected chi connectivity index (χ3v) is 12.9. The van der Waals surface area contributed by atoms with E-state index in [1.165, 1.54) is 167 Å². The first-order valence-corrected chi connectivity index (χ1v) is 25.9. The van der Waals surface area contributed by atoms with E-state index >= 15 is 0 Å². The summed E-state index contributed by atoms with van der Waals surface area (Å²) in [6, 6.07) is -1.16. The lowest BCUT2D eigenvalue weighted by Crippen LogP contribution is -2.60. The number of ether oxygens (including phenoxy) is 2. The van der Waals surface area contributed by atoms with Crippen LogP contribution in [-0.2, 0) is 14.3 Å². The molecule has 11 nitrogen and oxygen atoms in total. The fourth-order valence-corrected chi connectivity index (χ4v) is 8.62. The van der Waals surface area contributed by atoms with E-state index < -0.39 is 74.2 Å². The van der Waals surface area contributed by atoms with Crippen molar-refractivity contribution in [2.24, 2.45) is 0 Å². The van der Waals surface area contributed by atoms with Crippen LogP contribution in [0.25, 0.3) is 0 Å². The Morgan fingerprint density at radius 2 is 0.852 bits per heavy atom. The minimum atomic E-state index is -1.66. The van der Waals surface area contributed by atoms with Gasteiger partial charge in [-0.1, -0.05) is 232 Å². The number of amides is 1. The predicted octanol–water partition coefficient (Wildman–Crippen LogP) is 9.45. The van der Waals surface area contributed by atoms with E-state index in [4.69, 9.17) is 9.47 Å². The summed E-state index contributed by atoms with van der Waals surface area (Å²) in [6.45, 7) is 3.47. The summed E-state index contributed by atoms with van der Waals surface area (Å²) in [4.78, 5) is 13.1. The van der Waals surface area contributed by atoms with Crippen LogP contribution in [0.3, 0.4) is 0 Å². The van der Waals surface area contributed by atoms with Gasteiger partial charge >= 0.3 is 0 Å². The lowest BCUT2D eigenvalue weighted by Gasteiger charge is -2.40. The van der Waals surface area contributed by atoms with E-state index in [9.17, 15) is 40.5 Å². The molecular weight excluding hydrogens is 775 g/mol. The fraction of sp³-hybridized carbons (Fsp3) is 0.980. The van der Waals surface area contributed by atoms with Gasteiger partial charge in [-0.2, -0.15) is 0 Å². The number of hydrogen-bond donors (Lipinski definition) is 8. The fourth-order valence-electron chi connectivity index (χ4n) is 8.62. The first-order valence-electron chi connectivity index (χ1n) is 25.9. The van der Waals surface area contributed by atoms with Gasteiger partial charge in [0.2, 0.25) is 5.91 Å². The smallest absolute Gasteiger partial charge is 0.249 e. The van der Waals surface area contributed by atoms with Crippen molar-refractivity contribution in [2.75, 3.05) is 13.2 Å². The molecule has 1 aliphatic rings. The van der Waals surface area contributed by atoms with Crippen LogP contribution in [0.1, 0.15) is 245 Å². The van der Waals surface area contributed by atoms with Crippen LogP contribution in [-0.4, -0.2) is 110 Å². The van der Waals surface area contributed by atoms with E-state index in [0.29, 0.717) is 19.3 Å². The SMILES string of the molecule is CCCCCCCCCCCCCCCCCCCCCCCC(O)C(O)C(COC1OC(CO)C(O)C(O)C1O)NC(=O)C(O)CCCCCCCCCCCCCCC. The molecule has 8 N–H and O–H groups in total. The molecular formula is C50H99NO10. The molecule has 0 radical (unpaired) electrons. The number of nitrogens with one attached hydrogen (secondary N) is 1. The van der Waals surface area contributed by atoms with Gasteiger partial charge in [-0.25, -0.2) is 0 Å². The summed E-state index contributed by atoms with van der Waals surface area (Å²) < 4.78 is 11.1. The maximum absolute atomic E-state index is 13.1. The normalized spacial score (nSPS) is 21.4. The highest BCUT2D eigenvalue weighted by Gasteiger charge is 2.44. The van der Waals surface area contributed by atoms with E-state index in [-0.39, 0.29) is 6.42 Å². The number of carbonyl (C=O) groups is 1. The second-order valence-electron chi connectivity index (χ2n) is 18.6. The molecule has 0 aliphatic carbocycles. The summed E-state index contributed by atoms with van der Waals surface area (Å²) in [7, 11) is 0. The highest BCUT2D eigenvalue weighted by Crippen LogP contribution is 2.23. The molecule has 1 saturated heterocycles. The Morgan fingerprint density at radius 3 is 1.21 bits per heavy atom. The third kappa shape index (κ3) is 30.0. The second kappa shape index (κ2) is 40.6. The van der Waals surface area contributed by atoms with E-state index in [1.807, 2.05) is 0 Å². The van der Waals surface area contributed by atoms with Crippen molar-refractivity contribution < 1.29 is 50.0 Å². The molecule has 61 heavy (non-hydrogen) atoms. The Balaban J connectivity index is 2.35. The van der Waals surface area contributed by atoms with Crippen LogP contribution in [0, 0.1) is 0 Å². The molecule has 1 fully saturated rings. The van der Waals surface area contributed by atoms with Crippen molar-refractivity contribution in [1.82, 2.24) is 5.32 Å². The summed E-state index contributed by atoms with van der Waals surface area (Å²) in [5, 5.41) is 75.9. The highest BCUT2D eigenvalue weighted by molar-refractivity contribution is 5.80. The zero-order valence-electron chi connectivity index (χ0n) is 39.4. The van der Waals surface area contributed by atoms with Crippen LogP contribution in [0.4, 0.5) is 0 Å². The van der Waals surface area contributed by atoms with E-state index in [0.717, 1.165) is 38.5 Å². The lowest BCUT2D eigenvalue weighted by atomic mass is 9.98. The average molecular weight is 874 g/mol. The number of aliphatic hydroxyl groups excluding tert-OH is 7. The molecule has 0 aromatic rings. The van der Waals surface area contributed by atoms with Crippen LogP contribution in [0.15, 0.2) is 0 Å². The Hall–Kier alpha value is -0.890. The third-order valence-electron chi connectivity index (χ3n) is 12.9. The molecule has 1 rings (SSSR count). The molecule has 9 unspecified atom stereocenters. The molecule has 1 amide bonds. The minimum absolute atomic E-state index is 0.266. The summed E-state index contributed by atoms with van der Waals surface area (Å²) in [5.74, 6) is -0.693. The Bertz CT molecular complexity index is 959. The Kier molecular flexibility index (Phi) is 38.7. The van der Waals surface area contributed by atoms with Gasteiger partial charge in [0.15, 0.2) is 6.29 Å². The molecule has 0 aromatic carbocycles. The highest BCUT2D eigenvalue weighted by atomic mass is 16.7. The molecule has 0 aromatic heterocycles. The van der Waals surface area contributed by atoms with Crippen LogP contribution in [0.2, 0.25) is 0 Å². The van der Waals surface area contributed by atoms with E-state index in [2.05, 4.69) is 19.2 Å². The summed E-state index contributed by atoms with van der Waals surface area (Å²) in [5.41, 5.74) is 0. The molecule has 0 spiro atoms. The van der Waals surface area contributed by atoms with Crippen molar-refractivity contribution in [1.29, 1.82) is 0 Å². The predicted molar refractivity (Wildman–Crippen MR) is 247 cm³/mol. The van der Waals surface area contributed by atoms with Gasteiger partial charge in [-0.3, -0.25) is 4.79 Å². The number of hydrogen-bond acceptors (Lipinski definition) is 10. The first kappa shape index (κ1) is 58.1. The molecule has 0 bridgehead atoms. The molecule has 9 atom stereocenters. The van der Waals surface area contributed by atoms with Gasteiger partial charge in [0.25, 0.3) is 0 Å². The standard InChI is InChI=1S/C50H99NO10/c1-3-5-7-9-11-13-15-17-18-19-20-21-22-23-24-26-27-29-31-33-35-37-42(53)45(55)41(40-60-50-48(58)47(57)46(56)44(39-52)61-50)51-49(59)43(54)38-36-34-32-30-28-25-16-14-12-10-8-6-4-2/h41-48,50,52-58H,3-40H2,1-2H3,(H,51,59). The number of rotatable bonds is 44. The maximum Gasteiger partial charge on any atom is 0.249 e. The molecule has 11 heteroatoms. The van der Waals surface area contributed by atoms with Crippen molar-refractivity contribution >= 4 is 5.91 Å². The van der Waals surface area contributed by atoms with Gasteiger partial charge in [-0.15, -0.1) is 0 Å². The molecule has 1 heterocycles. The topological polar surface area (TPSA) is 189 Å². The quantitative estimate of drug-likeness (QED) is 0.0274. The van der Waals surface area contributed by atoms with Crippen LogP contribution >= 0.6 is 0 Å². The summed E-state index contributed by atoms with van der Waals surface area (Å²) in [6.07, 6.45) is 31.5. The van der Waals surface area contributed by atoms with Crippen molar-refractivity contribution in [2.45, 2.75) is 300 Å². The van der Waals surface area contributed by atoms with Gasteiger partial charge in [0.05, 0.1) is 25.4 Å². The average Bonchev–Trinajstić information content (AvgIpc) is 3.26. The molecule has 364 valence electrons. The van der Waals surface area contributed by atoms with E-state index in [1.54, 1.807) is 0 Å². The lowest BCUT2D eigenvalue weighted by molar-refractivity contribution is -0.303. The zero-order chi connectivity index (χ0) is 44.8. The number of carbonyl (C=O) groups excluding carboxylic acids is 1. The van der Waals surface area contributed by atoms with Crippen LogP contribution in [0.5, 0.6) is 0 Å². The first-order chi connectivity index (χ1) is 29.7.